The van der Waals surface area contributed by atoms with Gasteiger partial charge in [0.05, 0.1) is 0 Å². The number of amides is 1. The molecule has 0 aliphatic carbocycles. The number of anilines is 2. The van der Waals surface area contributed by atoms with Gasteiger partial charge in [-0.05, 0) is 43.7 Å². The summed E-state index contributed by atoms with van der Waals surface area (Å²) in [5.74, 6) is 0.742. The van der Waals surface area contributed by atoms with Crippen molar-refractivity contribution in [2.24, 2.45) is 0 Å². The van der Waals surface area contributed by atoms with Crippen LogP contribution in [-0.2, 0) is 4.79 Å². The Balaban J connectivity index is 1.64. The Morgan fingerprint density at radius 3 is 2.54 bits per heavy atom. The smallest absolute Gasteiger partial charge is 0.246 e. The van der Waals surface area contributed by atoms with Crippen LogP contribution in [-0.4, -0.2) is 25.2 Å². The molecule has 24 heavy (non-hydrogen) atoms. The van der Waals surface area contributed by atoms with Crippen molar-refractivity contribution in [3.05, 3.63) is 47.8 Å². The molecule has 5 nitrogen and oxygen atoms in total. The molecular weight excluding hydrogens is 311 g/mol. The number of carbonyl (C=O) groups is 1. The Bertz CT molecular complexity index is 764. The zero-order valence-corrected chi connectivity index (χ0v) is 13.6. The van der Waals surface area contributed by atoms with E-state index in [0.29, 0.717) is 36.0 Å². The van der Waals surface area contributed by atoms with E-state index in [1.54, 1.807) is 38.1 Å². The van der Waals surface area contributed by atoms with Gasteiger partial charge in [0.2, 0.25) is 5.91 Å². The highest BCUT2D eigenvalue weighted by atomic mass is 19.1. The summed E-state index contributed by atoms with van der Waals surface area (Å²) in [5, 5.41) is 5.79. The van der Waals surface area contributed by atoms with Crippen LogP contribution in [0.1, 0.15) is 12.5 Å². The van der Waals surface area contributed by atoms with Crippen LogP contribution in [0.4, 0.5) is 15.8 Å². The predicted octanol–water partition coefficient (Wildman–Crippen LogP) is 3.34. The molecule has 1 unspecified atom stereocenters. The Labute approximate surface area is 139 Å². The van der Waals surface area contributed by atoms with E-state index >= 15 is 0 Å². The van der Waals surface area contributed by atoms with Crippen molar-refractivity contribution in [1.82, 2.24) is 0 Å². The number of carbonyl (C=O) groups excluding carboxylic acids is 1. The molecule has 3 rings (SSSR count). The van der Waals surface area contributed by atoms with Crippen LogP contribution >= 0.6 is 0 Å². The molecule has 1 heterocycles. The van der Waals surface area contributed by atoms with Crippen molar-refractivity contribution in [3.8, 4) is 11.5 Å². The summed E-state index contributed by atoms with van der Waals surface area (Å²) in [6, 6.07) is 9.53. The molecule has 6 heteroatoms. The van der Waals surface area contributed by atoms with Gasteiger partial charge in [-0.15, -0.1) is 0 Å². The minimum absolute atomic E-state index is 0.256. The Kier molecular flexibility index (Phi) is 4.55. The number of nitrogens with one attached hydrogen (secondary N) is 2. The van der Waals surface area contributed by atoms with Gasteiger partial charge in [0.15, 0.2) is 11.5 Å². The van der Waals surface area contributed by atoms with E-state index in [-0.39, 0.29) is 11.7 Å². The summed E-state index contributed by atoms with van der Waals surface area (Å²) in [5.41, 5.74) is 1.71. The number of ether oxygens (including phenoxy) is 2. The molecular formula is C18H19FN2O3. The Morgan fingerprint density at radius 2 is 1.79 bits per heavy atom. The molecule has 0 bridgehead atoms. The molecule has 2 aromatic rings. The van der Waals surface area contributed by atoms with Crippen molar-refractivity contribution in [3.63, 3.8) is 0 Å². The summed E-state index contributed by atoms with van der Waals surface area (Å²) in [6.07, 6.45) is 0. The number of halogens is 1. The van der Waals surface area contributed by atoms with E-state index < -0.39 is 6.04 Å². The molecule has 2 N–H and O–H groups in total. The summed E-state index contributed by atoms with van der Waals surface area (Å²) in [7, 11) is 0. The number of benzene rings is 2. The van der Waals surface area contributed by atoms with Crippen molar-refractivity contribution >= 4 is 17.3 Å². The molecule has 0 fully saturated rings. The maximum Gasteiger partial charge on any atom is 0.246 e. The molecule has 0 spiro atoms. The average Bonchev–Trinajstić information content (AvgIpc) is 2.58. The summed E-state index contributed by atoms with van der Waals surface area (Å²) < 4.78 is 24.5. The maximum atomic E-state index is 13.5. The SMILES string of the molecule is Cc1ccc(NC(=O)C(C)Nc2ccc3c(c2)OCCO3)cc1F. The fourth-order valence-electron chi connectivity index (χ4n) is 2.37. The molecule has 126 valence electrons. The molecule has 0 saturated carbocycles. The zero-order valence-electron chi connectivity index (χ0n) is 13.6. The number of aryl methyl sites for hydroxylation is 1. The lowest BCUT2D eigenvalue weighted by molar-refractivity contribution is -0.116. The first-order valence-corrected chi connectivity index (χ1v) is 7.76. The third-order valence-electron chi connectivity index (χ3n) is 3.76. The number of fused-ring (bicyclic) bond motifs is 1. The molecule has 1 aliphatic rings. The van der Waals surface area contributed by atoms with E-state index in [9.17, 15) is 9.18 Å². The van der Waals surface area contributed by atoms with Crippen molar-refractivity contribution in [2.75, 3.05) is 23.8 Å². The van der Waals surface area contributed by atoms with Crippen LogP contribution in [0.15, 0.2) is 36.4 Å². The summed E-state index contributed by atoms with van der Waals surface area (Å²) in [4.78, 5) is 12.2. The lowest BCUT2D eigenvalue weighted by Gasteiger charge is -2.20. The second-order valence-electron chi connectivity index (χ2n) is 5.68. The van der Waals surface area contributed by atoms with Gasteiger partial charge in [-0.1, -0.05) is 6.07 Å². The summed E-state index contributed by atoms with van der Waals surface area (Å²) in [6.45, 7) is 4.45. The highest BCUT2D eigenvalue weighted by Crippen LogP contribution is 2.32. The fraction of sp³-hybridized carbons (Fsp3) is 0.278. The van der Waals surface area contributed by atoms with Gasteiger partial charge in [-0.25, -0.2) is 4.39 Å². The van der Waals surface area contributed by atoms with E-state index in [1.807, 2.05) is 6.07 Å². The first-order valence-electron chi connectivity index (χ1n) is 7.76. The average molecular weight is 330 g/mol. The topological polar surface area (TPSA) is 59.6 Å². The first kappa shape index (κ1) is 16.1. The van der Waals surface area contributed by atoms with Crippen molar-refractivity contribution in [2.45, 2.75) is 19.9 Å². The molecule has 1 atom stereocenters. The van der Waals surface area contributed by atoms with Gasteiger partial charge in [0.1, 0.15) is 25.1 Å². The van der Waals surface area contributed by atoms with Crippen LogP contribution in [0.3, 0.4) is 0 Å². The van der Waals surface area contributed by atoms with Crippen LogP contribution < -0.4 is 20.1 Å². The molecule has 1 aliphatic heterocycles. The van der Waals surface area contributed by atoms with Crippen LogP contribution in [0.5, 0.6) is 11.5 Å². The Hall–Kier alpha value is -2.76. The van der Waals surface area contributed by atoms with Crippen LogP contribution in [0, 0.1) is 12.7 Å². The largest absolute Gasteiger partial charge is 0.486 e. The highest BCUT2D eigenvalue weighted by Gasteiger charge is 2.16. The standard InChI is InChI=1S/C18H19FN2O3/c1-11-3-4-13(9-15(11)19)21-18(22)12(2)20-14-5-6-16-17(10-14)24-8-7-23-16/h3-6,9-10,12,20H,7-8H2,1-2H3,(H,21,22). The lowest BCUT2D eigenvalue weighted by Crippen LogP contribution is -2.32. The fourth-order valence-corrected chi connectivity index (χ4v) is 2.37. The predicted molar refractivity (Wildman–Crippen MR) is 90.3 cm³/mol. The maximum absolute atomic E-state index is 13.5. The highest BCUT2D eigenvalue weighted by molar-refractivity contribution is 5.96. The van der Waals surface area contributed by atoms with E-state index in [2.05, 4.69) is 10.6 Å². The first-order chi connectivity index (χ1) is 11.5. The second-order valence-corrected chi connectivity index (χ2v) is 5.68. The number of rotatable bonds is 4. The van der Waals surface area contributed by atoms with E-state index in [4.69, 9.17) is 9.47 Å². The van der Waals surface area contributed by atoms with Crippen molar-refractivity contribution < 1.29 is 18.7 Å². The Morgan fingerprint density at radius 1 is 1.08 bits per heavy atom. The molecule has 2 aromatic carbocycles. The third-order valence-corrected chi connectivity index (χ3v) is 3.76. The van der Waals surface area contributed by atoms with E-state index in [0.717, 1.165) is 5.69 Å². The van der Waals surface area contributed by atoms with Gasteiger partial charge in [-0.3, -0.25) is 4.79 Å². The van der Waals surface area contributed by atoms with Crippen LogP contribution in [0.2, 0.25) is 0 Å². The zero-order chi connectivity index (χ0) is 17.1. The van der Waals surface area contributed by atoms with Gasteiger partial charge in [0, 0.05) is 17.4 Å². The second kappa shape index (κ2) is 6.78. The minimum atomic E-state index is -0.503. The van der Waals surface area contributed by atoms with Crippen LogP contribution in [0.25, 0.3) is 0 Å². The number of hydrogen-bond donors (Lipinski definition) is 2. The molecule has 0 radical (unpaired) electrons. The van der Waals surface area contributed by atoms with E-state index in [1.165, 1.54) is 6.07 Å². The molecule has 0 saturated heterocycles. The number of hydrogen-bond acceptors (Lipinski definition) is 4. The van der Waals surface area contributed by atoms with Gasteiger partial charge in [0.25, 0.3) is 0 Å². The normalized spacial score (nSPS) is 14.0. The van der Waals surface area contributed by atoms with Gasteiger partial charge in [-0.2, -0.15) is 0 Å². The molecule has 0 aromatic heterocycles. The monoisotopic (exact) mass is 330 g/mol. The van der Waals surface area contributed by atoms with Gasteiger partial charge >= 0.3 is 0 Å². The third kappa shape index (κ3) is 3.59. The lowest BCUT2D eigenvalue weighted by atomic mass is 10.2. The quantitative estimate of drug-likeness (QED) is 0.903. The van der Waals surface area contributed by atoms with Crippen molar-refractivity contribution in [1.29, 1.82) is 0 Å². The summed E-state index contributed by atoms with van der Waals surface area (Å²) >= 11 is 0. The molecule has 1 amide bonds. The minimum Gasteiger partial charge on any atom is -0.486 e. The van der Waals surface area contributed by atoms with Gasteiger partial charge < -0.3 is 20.1 Å².